The summed E-state index contributed by atoms with van der Waals surface area (Å²) in [4.78, 5) is 29.0. The third-order valence-electron chi connectivity index (χ3n) is 5.30. The summed E-state index contributed by atoms with van der Waals surface area (Å²) < 4.78 is 37.9. The van der Waals surface area contributed by atoms with E-state index in [2.05, 4.69) is 4.72 Å². The van der Waals surface area contributed by atoms with Gasteiger partial charge in [0, 0.05) is 42.8 Å². The first-order valence-electron chi connectivity index (χ1n) is 10.2. The van der Waals surface area contributed by atoms with Crippen LogP contribution < -0.4 is 14.2 Å². The lowest BCUT2D eigenvalue weighted by atomic mass is 10.1. The van der Waals surface area contributed by atoms with Gasteiger partial charge < -0.3 is 19.3 Å². The lowest BCUT2D eigenvalue weighted by Gasteiger charge is -2.36. The fourth-order valence-electron chi connectivity index (χ4n) is 3.48. The summed E-state index contributed by atoms with van der Waals surface area (Å²) in [5.74, 6) is 0.458. The SMILES string of the molecule is COc1cc(OC)cc(C(=O)N2CCN(C(=O)[C@H](C)NS(=O)(=O)c3ccc(Cl)cc3)CC2)c1. The molecule has 1 atom stereocenters. The number of carbonyl (C=O) groups excluding carboxylic acids is 2. The zero-order valence-electron chi connectivity index (χ0n) is 18.6. The fraction of sp³-hybridized carbons (Fsp3) is 0.364. The van der Waals surface area contributed by atoms with Crippen molar-refractivity contribution < 1.29 is 27.5 Å². The van der Waals surface area contributed by atoms with Crippen LogP contribution in [-0.2, 0) is 14.8 Å². The Kier molecular flexibility index (Phi) is 7.83. The van der Waals surface area contributed by atoms with E-state index in [9.17, 15) is 18.0 Å². The van der Waals surface area contributed by atoms with E-state index in [0.29, 0.717) is 48.3 Å². The van der Waals surface area contributed by atoms with Crippen molar-refractivity contribution in [1.29, 1.82) is 0 Å². The molecule has 2 aromatic rings. The minimum Gasteiger partial charge on any atom is -0.497 e. The van der Waals surface area contributed by atoms with E-state index in [4.69, 9.17) is 21.1 Å². The van der Waals surface area contributed by atoms with Crippen molar-refractivity contribution in [2.24, 2.45) is 0 Å². The number of nitrogens with one attached hydrogen (secondary N) is 1. The highest BCUT2D eigenvalue weighted by atomic mass is 35.5. The predicted octanol–water partition coefficient (Wildman–Crippen LogP) is 2.01. The normalized spacial score (nSPS) is 15.2. The summed E-state index contributed by atoms with van der Waals surface area (Å²) in [6.07, 6.45) is 0. The van der Waals surface area contributed by atoms with E-state index >= 15 is 0 Å². The maximum Gasteiger partial charge on any atom is 0.254 e. The molecule has 0 aliphatic carbocycles. The van der Waals surface area contributed by atoms with Gasteiger partial charge >= 0.3 is 0 Å². The number of ether oxygens (including phenoxy) is 2. The van der Waals surface area contributed by atoms with Crippen molar-refractivity contribution >= 4 is 33.4 Å². The molecule has 0 bridgehead atoms. The first-order valence-corrected chi connectivity index (χ1v) is 12.1. The number of methoxy groups -OCH3 is 2. The van der Waals surface area contributed by atoms with Gasteiger partial charge in [-0.3, -0.25) is 9.59 Å². The van der Waals surface area contributed by atoms with Crippen molar-refractivity contribution in [2.75, 3.05) is 40.4 Å². The van der Waals surface area contributed by atoms with Crippen molar-refractivity contribution in [3.63, 3.8) is 0 Å². The van der Waals surface area contributed by atoms with Crippen LogP contribution >= 0.6 is 11.6 Å². The summed E-state index contributed by atoms with van der Waals surface area (Å²) in [6, 6.07) is 9.68. The predicted molar refractivity (Wildman–Crippen MR) is 123 cm³/mol. The first-order chi connectivity index (χ1) is 15.6. The molecular formula is C22H26ClN3O6S. The highest BCUT2D eigenvalue weighted by Gasteiger charge is 2.30. The Labute approximate surface area is 198 Å². The van der Waals surface area contributed by atoms with Crippen LogP contribution in [0.2, 0.25) is 5.02 Å². The second-order valence-electron chi connectivity index (χ2n) is 7.52. The summed E-state index contributed by atoms with van der Waals surface area (Å²) in [7, 11) is -0.859. The van der Waals surface area contributed by atoms with Crippen LogP contribution in [0.4, 0.5) is 0 Å². The Hall–Kier alpha value is -2.82. The lowest BCUT2D eigenvalue weighted by Crippen LogP contribution is -2.55. The van der Waals surface area contributed by atoms with E-state index in [1.807, 2.05) is 0 Å². The highest BCUT2D eigenvalue weighted by Crippen LogP contribution is 2.24. The number of carbonyl (C=O) groups is 2. The average Bonchev–Trinajstić information content (AvgIpc) is 2.82. The van der Waals surface area contributed by atoms with Crippen LogP contribution in [0.15, 0.2) is 47.4 Å². The van der Waals surface area contributed by atoms with Crippen molar-refractivity contribution in [2.45, 2.75) is 17.9 Å². The molecule has 1 heterocycles. The van der Waals surface area contributed by atoms with Crippen LogP contribution in [0.3, 0.4) is 0 Å². The van der Waals surface area contributed by atoms with E-state index in [1.165, 1.54) is 45.4 Å². The Bertz CT molecular complexity index is 1090. The number of nitrogens with zero attached hydrogens (tertiary/aromatic N) is 2. The number of benzene rings is 2. The third-order valence-corrected chi connectivity index (χ3v) is 7.11. The number of hydrogen-bond donors (Lipinski definition) is 1. The van der Waals surface area contributed by atoms with Crippen molar-refractivity contribution in [1.82, 2.24) is 14.5 Å². The quantitative estimate of drug-likeness (QED) is 0.630. The molecule has 0 radical (unpaired) electrons. The van der Waals surface area contributed by atoms with Crippen LogP contribution in [0.1, 0.15) is 17.3 Å². The van der Waals surface area contributed by atoms with Gasteiger partial charge in [-0.25, -0.2) is 8.42 Å². The van der Waals surface area contributed by atoms with Gasteiger partial charge in [-0.05, 0) is 43.3 Å². The number of hydrogen-bond acceptors (Lipinski definition) is 6. The van der Waals surface area contributed by atoms with E-state index in [-0.39, 0.29) is 16.7 Å². The minimum atomic E-state index is -3.88. The van der Waals surface area contributed by atoms with Gasteiger partial charge in [0.1, 0.15) is 11.5 Å². The summed E-state index contributed by atoms with van der Waals surface area (Å²) in [5.41, 5.74) is 0.426. The highest BCUT2D eigenvalue weighted by molar-refractivity contribution is 7.89. The minimum absolute atomic E-state index is 0.0238. The Morgan fingerprint density at radius 1 is 0.939 bits per heavy atom. The van der Waals surface area contributed by atoms with Gasteiger partial charge in [-0.15, -0.1) is 0 Å². The molecule has 11 heteroatoms. The molecule has 178 valence electrons. The van der Waals surface area contributed by atoms with Gasteiger partial charge in [-0.1, -0.05) is 11.6 Å². The fourth-order valence-corrected chi connectivity index (χ4v) is 4.80. The second-order valence-corrected chi connectivity index (χ2v) is 9.67. The number of rotatable bonds is 7. The molecule has 1 aliphatic rings. The number of sulfonamides is 1. The molecule has 33 heavy (non-hydrogen) atoms. The maximum atomic E-state index is 12.9. The number of piperazine rings is 1. The number of halogens is 1. The first kappa shape index (κ1) is 24.8. The molecule has 0 spiro atoms. The summed E-state index contributed by atoms with van der Waals surface area (Å²) in [5, 5.41) is 0.415. The monoisotopic (exact) mass is 495 g/mol. The molecule has 0 saturated carbocycles. The van der Waals surface area contributed by atoms with Crippen LogP contribution in [0.5, 0.6) is 11.5 Å². The molecule has 0 unspecified atom stereocenters. The van der Waals surface area contributed by atoms with Crippen LogP contribution in [-0.4, -0.2) is 76.5 Å². The molecule has 0 aromatic heterocycles. The van der Waals surface area contributed by atoms with Crippen molar-refractivity contribution in [3.8, 4) is 11.5 Å². The van der Waals surface area contributed by atoms with Gasteiger partial charge in [0.05, 0.1) is 25.2 Å². The molecule has 1 fully saturated rings. The Balaban J connectivity index is 1.60. The van der Waals surface area contributed by atoms with Crippen molar-refractivity contribution in [3.05, 3.63) is 53.1 Å². The lowest BCUT2D eigenvalue weighted by molar-refractivity contribution is -0.134. The molecule has 1 aliphatic heterocycles. The van der Waals surface area contributed by atoms with Crippen LogP contribution in [0.25, 0.3) is 0 Å². The second kappa shape index (κ2) is 10.4. The molecule has 9 nitrogen and oxygen atoms in total. The molecule has 2 amide bonds. The Morgan fingerprint density at radius 3 is 1.97 bits per heavy atom. The van der Waals surface area contributed by atoms with E-state index in [0.717, 1.165) is 0 Å². The zero-order chi connectivity index (χ0) is 24.2. The van der Waals surface area contributed by atoms with E-state index in [1.54, 1.807) is 28.0 Å². The third kappa shape index (κ3) is 5.95. The zero-order valence-corrected chi connectivity index (χ0v) is 20.1. The smallest absolute Gasteiger partial charge is 0.254 e. The van der Waals surface area contributed by atoms with Gasteiger partial charge in [0.2, 0.25) is 15.9 Å². The molecule has 1 N–H and O–H groups in total. The summed E-state index contributed by atoms with van der Waals surface area (Å²) in [6.45, 7) is 2.72. The molecule has 1 saturated heterocycles. The van der Waals surface area contributed by atoms with E-state index < -0.39 is 16.1 Å². The largest absolute Gasteiger partial charge is 0.497 e. The van der Waals surface area contributed by atoms with Gasteiger partial charge in [0.25, 0.3) is 5.91 Å². The van der Waals surface area contributed by atoms with Crippen LogP contribution in [0, 0.1) is 0 Å². The standard InChI is InChI=1S/C22H26ClN3O6S/c1-15(24-33(29,30)20-6-4-17(23)5-7-20)21(27)25-8-10-26(11-9-25)22(28)16-12-18(31-2)14-19(13-16)32-3/h4-7,12-15,24H,8-11H2,1-3H3/t15-/m0/s1. The molecule has 3 rings (SSSR count). The average molecular weight is 496 g/mol. The topological polar surface area (TPSA) is 105 Å². The Morgan fingerprint density at radius 2 is 1.45 bits per heavy atom. The van der Waals surface area contributed by atoms with Gasteiger partial charge in [-0.2, -0.15) is 4.72 Å². The van der Waals surface area contributed by atoms with Gasteiger partial charge in [0.15, 0.2) is 0 Å². The number of amides is 2. The molecule has 2 aromatic carbocycles. The summed E-state index contributed by atoms with van der Waals surface area (Å²) >= 11 is 5.81. The maximum absolute atomic E-state index is 12.9. The molecular weight excluding hydrogens is 470 g/mol.